The fourth-order valence-corrected chi connectivity index (χ4v) is 5.64. The average molecular weight is 536 g/mol. The van der Waals surface area contributed by atoms with E-state index in [1.807, 2.05) is 0 Å². The molecule has 0 spiro atoms. The number of hydrogen-bond donors (Lipinski definition) is 4. The molecule has 13 nitrogen and oxygen atoms in total. The van der Waals surface area contributed by atoms with Crippen LogP contribution >= 0.6 is 0 Å². The van der Waals surface area contributed by atoms with E-state index in [0.29, 0.717) is 23.4 Å². The van der Waals surface area contributed by atoms with Gasteiger partial charge in [0.05, 0.1) is 11.1 Å². The van der Waals surface area contributed by atoms with Crippen molar-refractivity contribution in [3.8, 4) is 5.69 Å². The van der Waals surface area contributed by atoms with Crippen molar-refractivity contribution < 1.29 is 27.9 Å². The maximum absolute atomic E-state index is 13.3. The molecule has 0 atom stereocenters. The van der Waals surface area contributed by atoms with Gasteiger partial charge in [-0.25, -0.2) is 13.2 Å². The monoisotopic (exact) mass is 535 g/mol. The van der Waals surface area contributed by atoms with Gasteiger partial charge in [0.1, 0.15) is 10.6 Å². The van der Waals surface area contributed by atoms with Gasteiger partial charge in [0, 0.05) is 55.0 Å². The van der Waals surface area contributed by atoms with Crippen LogP contribution in [0.2, 0.25) is 0 Å². The molecule has 0 aliphatic carbocycles. The zero-order chi connectivity index (χ0) is 27.0. The molecular formula is C24H21N7O6S. The van der Waals surface area contributed by atoms with Crippen molar-refractivity contribution in [1.29, 1.82) is 0 Å². The molecule has 5 rings (SSSR count). The molecule has 1 aromatic carbocycles. The molecule has 3 aromatic heterocycles. The first-order chi connectivity index (χ1) is 18.2. The van der Waals surface area contributed by atoms with Crippen molar-refractivity contribution in [1.82, 2.24) is 24.1 Å². The number of nitrogens with two attached hydrogens (primary N) is 1. The van der Waals surface area contributed by atoms with Gasteiger partial charge in [0.15, 0.2) is 5.82 Å². The number of nitrogens with one attached hydrogen (secondary N) is 2. The molecular weight excluding hydrogens is 514 g/mol. The lowest BCUT2D eigenvalue weighted by molar-refractivity contribution is 0.0687. The van der Waals surface area contributed by atoms with Gasteiger partial charge in [-0.15, -0.1) is 0 Å². The number of H-pyrrole nitrogens is 1. The Morgan fingerprint density at radius 1 is 1.11 bits per heavy atom. The first-order valence-electron chi connectivity index (χ1n) is 11.3. The number of carboxylic acid groups (broad SMARTS) is 1. The number of aromatic carboxylic acids is 1. The number of carboxylic acids is 1. The summed E-state index contributed by atoms with van der Waals surface area (Å²) in [6.07, 6.45) is 4.59. The van der Waals surface area contributed by atoms with Crippen LogP contribution in [0.3, 0.4) is 0 Å². The normalized spacial score (nSPS) is 13.6. The lowest BCUT2D eigenvalue weighted by Crippen LogP contribution is -2.36. The molecule has 194 valence electrons. The Bertz CT molecular complexity index is 1680. The summed E-state index contributed by atoms with van der Waals surface area (Å²) in [6, 6.07) is 10.1. The number of rotatable bonds is 7. The van der Waals surface area contributed by atoms with E-state index >= 15 is 0 Å². The minimum absolute atomic E-state index is 0.0422. The molecule has 0 unspecified atom stereocenters. The van der Waals surface area contributed by atoms with Crippen LogP contribution in [0, 0.1) is 0 Å². The van der Waals surface area contributed by atoms with Crippen molar-refractivity contribution in [2.24, 2.45) is 5.73 Å². The van der Waals surface area contributed by atoms with Gasteiger partial charge in [0.25, 0.3) is 5.91 Å². The smallest absolute Gasteiger partial charge is 0.352 e. The van der Waals surface area contributed by atoms with Crippen LogP contribution in [0.15, 0.2) is 66.0 Å². The van der Waals surface area contributed by atoms with E-state index in [1.165, 1.54) is 69.9 Å². The topological polar surface area (TPSA) is 193 Å². The SMILES string of the molecule is NC(=O)c1ccc(-n2cccc2C(=O)O)cc1C(=O)Nc1n[nH]c2c1CN(S(=O)(=O)c1cccnc1)CC2. The Morgan fingerprint density at radius 3 is 2.63 bits per heavy atom. The fourth-order valence-electron chi connectivity index (χ4n) is 4.27. The lowest BCUT2D eigenvalue weighted by atomic mass is 10.0. The first kappa shape index (κ1) is 24.9. The predicted molar refractivity (Wildman–Crippen MR) is 133 cm³/mol. The summed E-state index contributed by atoms with van der Waals surface area (Å²) >= 11 is 0. The highest BCUT2D eigenvalue weighted by atomic mass is 32.2. The molecule has 2 amide bonds. The number of pyridine rings is 1. The molecule has 1 aliphatic heterocycles. The Labute approximate surface area is 216 Å². The third kappa shape index (κ3) is 4.42. The molecule has 4 aromatic rings. The number of primary amides is 1. The Morgan fingerprint density at radius 2 is 1.92 bits per heavy atom. The van der Waals surface area contributed by atoms with Crippen LogP contribution < -0.4 is 11.1 Å². The molecule has 0 saturated heterocycles. The molecule has 0 saturated carbocycles. The van der Waals surface area contributed by atoms with E-state index in [-0.39, 0.29) is 40.6 Å². The Kier molecular flexibility index (Phi) is 6.26. The summed E-state index contributed by atoms with van der Waals surface area (Å²) in [5.74, 6) is -2.66. The number of fused-ring (bicyclic) bond motifs is 1. The molecule has 0 bridgehead atoms. The number of hydrogen-bond acceptors (Lipinski definition) is 7. The molecule has 0 radical (unpaired) electrons. The van der Waals surface area contributed by atoms with E-state index in [9.17, 15) is 27.9 Å². The number of sulfonamides is 1. The van der Waals surface area contributed by atoms with Crippen LogP contribution in [-0.2, 0) is 23.0 Å². The second kappa shape index (κ2) is 9.57. The Hall–Kier alpha value is -4.82. The van der Waals surface area contributed by atoms with E-state index in [0.717, 1.165) is 0 Å². The number of amides is 2. The van der Waals surface area contributed by atoms with Crippen molar-refractivity contribution >= 4 is 33.6 Å². The highest BCUT2D eigenvalue weighted by Crippen LogP contribution is 2.29. The Balaban J connectivity index is 1.45. The summed E-state index contributed by atoms with van der Waals surface area (Å²) in [4.78, 5) is 40.9. The van der Waals surface area contributed by atoms with Gasteiger partial charge in [-0.1, -0.05) is 0 Å². The van der Waals surface area contributed by atoms with Crippen molar-refractivity contribution in [2.75, 3.05) is 11.9 Å². The second-order valence-electron chi connectivity index (χ2n) is 8.42. The van der Waals surface area contributed by atoms with Crippen LogP contribution in [0.1, 0.15) is 42.5 Å². The van der Waals surface area contributed by atoms with Crippen LogP contribution in [0.4, 0.5) is 5.82 Å². The maximum Gasteiger partial charge on any atom is 0.352 e. The number of carbonyl (C=O) groups is 3. The van der Waals surface area contributed by atoms with Crippen molar-refractivity contribution in [3.63, 3.8) is 0 Å². The molecule has 14 heteroatoms. The number of aromatic nitrogens is 4. The van der Waals surface area contributed by atoms with Crippen LogP contribution in [-0.4, -0.2) is 61.9 Å². The average Bonchev–Trinajstić information content (AvgIpc) is 3.56. The van der Waals surface area contributed by atoms with Crippen LogP contribution in [0.5, 0.6) is 0 Å². The zero-order valence-corrected chi connectivity index (χ0v) is 20.5. The lowest BCUT2D eigenvalue weighted by Gasteiger charge is -2.26. The third-order valence-electron chi connectivity index (χ3n) is 6.16. The van der Waals surface area contributed by atoms with Crippen LogP contribution in [0.25, 0.3) is 5.69 Å². The molecule has 1 aliphatic rings. The van der Waals surface area contributed by atoms with Gasteiger partial charge >= 0.3 is 5.97 Å². The third-order valence-corrected chi connectivity index (χ3v) is 7.99. The molecule has 0 fully saturated rings. The van der Waals surface area contributed by atoms with E-state index in [4.69, 9.17) is 5.73 Å². The van der Waals surface area contributed by atoms with Gasteiger partial charge in [-0.2, -0.15) is 9.40 Å². The standard InChI is InChI=1S/C24H21N7O6S/c25-21(32)16-6-5-14(31-9-2-4-20(31)24(34)35)11-17(16)23(33)27-22-18-13-30(10-7-19(18)28-29-22)38(36,37)15-3-1-8-26-12-15/h1-6,8-9,11-12H,7,10,13H2,(H2,25,32)(H,34,35)(H2,27,28,29,33). The van der Waals surface area contributed by atoms with Crippen molar-refractivity contribution in [3.05, 3.63) is 89.1 Å². The van der Waals surface area contributed by atoms with E-state index < -0.39 is 27.8 Å². The van der Waals surface area contributed by atoms with Gasteiger partial charge in [-0.05, 0) is 42.5 Å². The number of carbonyl (C=O) groups excluding carboxylic acids is 2. The second-order valence-corrected chi connectivity index (χ2v) is 10.4. The van der Waals surface area contributed by atoms with Gasteiger partial charge in [-0.3, -0.25) is 19.7 Å². The predicted octanol–water partition coefficient (Wildman–Crippen LogP) is 1.39. The number of benzene rings is 1. The summed E-state index contributed by atoms with van der Waals surface area (Å²) in [5.41, 5.74) is 6.72. The van der Waals surface area contributed by atoms with E-state index in [1.54, 1.807) is 0 Å². The number of nitrogens with zero attached hydrogens (tertiary/aromatic N) is 4. The largest absolute Gasteiger partial charge is 0.477 e. The van der Waals surface area contributed by atoms with Crippen molar-refractivity contribution in [2.45, 2.75) is 17.9 Å². The quantitative estimate of drug-likeness (QED) is 0.272. The molecule has 4 heterocycles. The number of aromatic amines is 1. The molecule has 5 N–H and O–H groups in total. The zero-order valence-electron chi connectivity index (χ0n) is 19.7. The van der Waals surface area contributed by atoms with E-state index in [2.05, 4.69) is 20.5 Å². The highest BCUT2D eigenvalue weighted by molar-refractivity contribution is 7.89. The highest BCUT2D eigenvalue weighted by Gasteiger charge is 2.32. The summed E-state index contributed by atoms with van der Waals surface area (Å²) < 4.78 is 28.8. The number of anilines is 1. The summed E-state index contributed by atoms with van der Waals surface area (Å²) in [7, 11) is -3.84. The maximum atomic E-state index is 13.3. The van der Waals surface area contributed by atoms with Gasteiger partial charge < -0.3 is 20.7 Å². The fraction of sp³-hybridized carbons (Fsp3) is 0.125. The minimum atomic E-state index is -3.84. The summed E-state index contributed by atoms with van der Waals surface area (Å²) in [5, 5.41) is 19.0. The first-order valence-corrected chi connectivity index (χ1v) is 12.7. The summed E-state index contributed by atoms with van der Waals surface area (Å²) in [6.45, 7) is 0.156. The molecule has 38 heavy (non-hydrogen) atoms. The van der Waals surface area contributed by atoms with Gasteiger partial charge in [0.2, 0.25) is 15.9 Å². The minimum Gasteiger partial charge on any atom is -0.477 e.